The number of carbonyl (C=O) groups is 2. The van der Waals surface area contributed by atoms with Crippen LogP contribution in [0, 0.1) is 5.92 Å². The molecule has 1 aromatic carbocycles. The van der Waals surface area contributed by atoms with Crippen LogP contribution in [0.15, 0.2) is 30.3 Å². The Morgan fingerprint density at radius 2 is 1.62 bits per heavy atom. The van der Waals surface area contributed by atoms with Crippen molar-refractivity contribution in [3.63, 3.8) is 0 Å². The van der Waals surface area contributed by atoms with Crippen molar-refractivity contribution in [3.8, 4) is 5.75 Å². The Morgan fingerprint density at radius 1 is 0.912 bits per heavy atom. The fourth-order valence-electron chi connectivity index (χ4n) is 5.91. The molecule has 3 aliphatic rings. The van der Waals surface area contributed by atoms with Crippen molar-refractivity contribution in [1.29, 1.82) is 0 Å². The SMILES string of the molecule is CN1CCC(N(C)CC(=O)N2CCCC[C@H]2C2CCN(C(=O)COc3ccccc3)CC2)CC1. The zero-order chi connectivity index (χ0) is 23.9. The van der Waals surface area contributed by atoms with Crippen LogP contribution in [0.25, 0.3) is 0 Å². The minimum atomic E-state index is 0.0543. The maximum atomic E-state index is 13.4. The van der Waals surface area contributed by atoms with E-state index in [0.717, 1.165) is 77.0 Å². The first-order chi connectivity index (χ1) is 16.5. The lowest BCUT2D eigenvalue weighted by Crippen LogP contribution is -2.54. The lowest BCUT2D eigenvalue weighted by Gasteiger charge is -2.44. The second-order valence-corrected chi connectivity index (χ2v) is 10.4. The molecule has 3 saturated heterocycles. The van der Waals surface area contributed by atoms with E-state index in [0.29, 0.717) is 30.5 Å². The third-order valence-corrected chi connectivity index (χ3v) is 8.11. The third kappa shape index (κ3) is 6.51. The summed E-state index contributed by atoms with van der Waals surface area (Å²) >= 11 is 0. The summed E-state index contributed by atoms with van der Waals surface area (Å²) in [6.07, 6.45) is 7.62. The van der Waals surface area contributed by atoms with Crippen LogP contribution < -0.4 is 4.74 Å². The fourth-order valence-corrected chi connectivity index (χ4v) is 5.91. The van der Waals surface area contributed by atoms with Gasteiger partial charge in [0.2, 0.25) is 5.91 Å². The average molecular weight is 471 g/mol. The van der Waals surface area contributed by atoms with Crippen molar-refractivity contribution < 1.29 is 14.3 Å². The molecule has 0 N–H and O–H groups in total. The first-order valence-corrected chi connectivity index (χ1v) is 13.1. The largest absolute Gasteiger partial charge is 0.484 e. The lowest BCUT2D eigenvalue weighted by molar-refractivity contribution is -0.140. The lowest BCUT2D eigenvalue weighted by atomic mass is 9.83. The number of likely N-dealkylation sites (tertiary alicyclic amines) is 3. The standard InChI is InChI=1S/C27H42N4O3/c1-28-16-13-23(14-17-28)29(2)20-26(32)31-15-7-6-10-25(31)22-11-18-30(19-12-22)27(33)21-34-24-8-4-3-5-9-24/h3-5,8-9,22-23,25H,6-7,10-21H2,1-2H3/t25-/m0/s1. The minimum absolute atomic E-state index is 0.0543. The van der Waals surface area contributed by atoms with Crippen molar-refractivity contribution in [2.75, 3.05) is 60.0 Å². The van der Waals surface area contributed by atoms with Crippen LogP contribution in [-0.2, 0) is 9.59 Å². The maximum Gasteiger partial charge on any atom is 0.260 e. The van der Waals surface area contributed by atoms with Gasteiger partial charge < -0.3 is 19.4 Å². The van der Waals surface area contributed by atoms with Gasteiger partial charge in [0.15, 0.2) is 6.61 Å². The highest BCUT2D eigenvalue weighted by molar-refractivity contribution is 5.79. The third-order valence-electron chi connectivity index (χ3n) is 8.11. The first kappa shape index (κ1) is 25.0. The molecule has 0 bridgehead atoms. The Bertz CT molecular complexity index is 788. The molecule has 188 valence electrons. The summed E-state index contributed by atoms with van der Waals surface area (Å²) in [5, 5.41) is 0. The van der Waals surface area contributed by atoms with E-state index in [1.807, 2.05) is 35.2 Å². The number of para-hydroxylation sites is 1. The molecule has 0 spiro atoms. The van der Waals surface area contributed by atoms with Crippen molar-refractivity contribution >= 4 is 11.8 Å². The molecular weight excluding hydrogens is 428 g/mol. The van der Waals surface area contributed by atoms with Crippen molar-refractivity contribution in [3.05, 3.63) is 30.3 Å². The Kier molecular flexibility index (Phi) is 8.84. The zero-order valence-corrected chi connectivity index (χ0v) is 21.0. The molecule has 7 nitrogen and oxygen atoms in total. The molecule has 0 unspecified atom stereocenters. The van der Waals surface area contributed by atoms with Gasteiger partial charge in [-0.2, -0.15) is 0 Å². The topological polar surface area (TPSA) is 56.3 Å². The van der Waals surface area contributed by atoms with E-state index in [1.165, 1.54) is 6.42 Å². The summed E-state index contributed by atoms with van der Waals surface area (Å²) in [5.74, 6) is 1.56. The van der Waals surface area contributed by atoms with E-state index in [2.05, 4.69) is 28.8 Å². The monoisotopic (exact) mass is 470 g/mol. The average Bonchev–Trinajstić information content (AvgIpc) is 2.88. The highest BCUT2D eigenvalue weighted by Crippen LogP contribution is 2.31. The number of hydrogen-bond acceptors (Lipinski definition) is 5. The minimum Gasteiger partial charge on any atom is -0.484 e. The van der Waals surface area contributed by atoms with E-state index in [9.17, 15) is 9.59 Å². The summed E-state index contributed by atoms with van der Waals surface area (Å²) in [7, 11) is 4.29. The molecule has 2 amide bonds. The van der Waals surface area contributed by atoms with Gasteiger partial charge in [-0.25, -0.2) is 0 Å². The van der Waals surface area contributed by atoms with Gasteiger partial charge >= 0.3 is 0 Å². The number of rotatable bonds is 7. The Hall–Kier alpha value is -2.12. The second-order valence-electron chi connectivity index (χ2n) is 10.4. The van der Waals surface area contributed by atoms with Crippen LogP contribution in [-0.4, -0.2) is 103 Å². The molecule has 0 aromatic heterocycles. The van der Waals surface area contributed by atoms with Crippen LogP contribution in [0.2, 0.25) is 0 Å². The van der Waals surface area contributed by atoms with E-state index in [-0.39, 0.29) is 12.5 Å². The van der Waals surface area contributed by atoms with Crippen LogP contribution in [0.3, 0.4) is 0 Å². The molecule has 7 heteroatoms. The summed E-state index contributed by atoms with van der Waals surface area (Å²) in [5.41, 5.74) is 0. The smallest absolute Gasteiger partial charge is 0.260 e. The summed E-state index contributed by atoms with van der Waals surface area (Å²) in [6.45, 7) is 5.25. The molecule has 1 aromatic rings. The number of nitrogens with zero attached hydrogens (tertiary/aromatic N) is 4. The molecule has 4 rings (SSSR count). The molecule has 0 aliphatic carbocycles. The molecule has 0 radical (unpaired) electrons. The molecule has 3 fully saturated rings. The number of piperidine rings is 3. The molecule has 34 heavy (non-hydrogen) atoms. The van der Waals surface area contributed by atoms with E-state index in [1.54, 1.807) is 0 Å². The van der Waals surface area contributed by atoms with Crippen molar-refractivity contribution in [1.82, 2.24) is 19.6 Å². The van der Waals surface area contributed by atoms with Crippen molar-refractivity contribution in [2.24, 2.45) is 5.92 Å². The highest BCUT2D eigenvalue weighted by atomic mass is 16.5. The normalized spacial score (nSPS) is 23.3. The zero-order valence-electron chi connectivity index (χ0n) is 21.0. The summed E-state index contributed by atoms with van der Waals surface area (Å²) < 4.78 is 5.65. The Balaban J connectivity index is 1.25. The van der Waals surface area contributed by atoms with E-state index in [4.69, 9.17) is 4.74 Å². The summed E-state index contributed by atoms with van der Waals surface area (Å²) in [6, 6.07) is 10.3. The van der Waals surface area contributed by atoms with Gasteiger partial charge in [-0.15, -0.1) is 0 Å². The number of amides is 2. The predicted molar refractivity (Wildman–Crippen MR) is 134 cm³/mol. The van der Waals surface area contributed by atoms with Gasteiger partial charge in [0.25, 0.3) is 5.91 Å². The highest BCUT2D eigenvalue weighted by Gasteiger charge is 2.36. The van der Waals surface area contributed by atoms with E-state index >= 15 is 0 Å². The molecule has 3 heterocycles. The maximum absolute atomic E-state index is 13.4. The fraction of sp³-hybridized carbons (Fsp3) is 0.704. The molecule has 3 aliphatic heterocycles. The van der Waals surface area contributed by atoms with Crippen LogP contribution in [0.1, 0.15) is 44.9 Å². The summed E-state index contributed by atoms with van der Waals surface area (Å²) in [4.78, 5) is 34.8. The number of ether oxygens (including phenoxy) is 1. The second kappa shape index (κ2) is 12.0. The van der Waals surface area contributed by atoms with Gasteiger partial charge in [0.1, 0.15) is 5.75 Å². The number of likely N-dealkylation sites (N-methyl/N-ethyl adjacent to an activating group) is 1. The van der Waals surface area contributed by atoms with Gasteiger partial charge in [-0.05, 0) is 90.2 Å². The van der Waals surface area contributed by atoms with E-state index < -0.39 is 0 Å². The number of hydrogen-bond donors (Lipinski definition) is 0. The molecule has 1 atom stereocenters. The Labute approximate surface area is 205 Å². The first-order valence-electron chi connectivity index (χ1n) is 13.1. The van der Waals surface area contributed by atoms with Crippen LogP contribution in [0.5, 0.6) is 5.75 Å². The van der Waals surface area contributed by atoms with Crippen LogP contribution >= 0.6 is 0 Å². The van der Waals surface area contributed by atoms with Gasteiger partial charge in [-0.3, -0.25) is 14.5 Å². The van der Waals surface area contributed by atoms with Gasteiger partial charge in [0.05, 0.1) is 6.54 Å². The molecule has 0 saturated carbocycles. The molecular formula is C27H42N4O3. The van der Waals surface area contributed by atoms with Crippen LogP contribution in [0.4, 0.5) is 0 Å². The van der Waals surface area contributed by atoms with Gasteiger partial charge in [-0.1, -0.05) is 18.2 Å². The van der Waals surface area contributed by atoms with Gasteiger partial charge in [0, 0.05) is 31.7 Å². The quantitative estimate of drug-likeness (QED) is 0.613. The Morgan fingerprint density at radius 3 is 2.32 bits per heavy atom. The number of carbonyl (C=O) groups excluding carboxylic acids is 2. The predicted octanol–water partition coefficient (Wildman–Crippen LogP) is 2.71. The van der Waals surface area contributed by atoms with Crippen molar-refractivity contribution in [2.45, 2.75) is 57.0 Å². The number of benzene rings is 1.